The summed E-state index contributed by atoms with van der Waals surface area (Å²) in [7, 11) is 0. The first-order valence-electron chi connectivity index (χ1n) is 3.79. The number of hydrogen-bond donors (Lipinski definition) is 1. The van der Waals surface area contributed by atoms with Crippen LogP contribution in [-0.2, 0) is 0 Å². The predicted octanol–water partition coefficient (Wildman–Crippen LogP) is 2.75. The summed E-state index contributed by atoms with van der Waals surface area (Å²) in [6.07, 6.45) is 0. The van der Waals surface area contributed by atoms with Crippen LogP contribution in [0.5, 0.6) is 0 Å². The fraction of sp³-hybridized carbons (Fsp3) is 0. The molecule has 0 fully saturated rings. The van der Waals surface area contributed by atoms with E-state index in [0.717, 1.165) is 12.1 Å². The van der Waals surface area contributed by atoms with Gasteiger partial charge in [0.1, 0.15) is 17.2 Å². The van der Waals surface area contributed by atoms with E-state index >= 15 is 0 Å². The quantitative estimate of drug-likeness (QED) is 0.685. The van der Waals surface area contributed by atoms with Crippen LogP contribution in [0.3, 0.4) is 0 Å². The number of hydrogen-bond acceptors (Lipinski definition) is 2. The molecule has 0 aliphatic rings. The first kappa shape index (κ1) is 9.15. The molecule has 2 rings (SSSR count). The molecule has 0 saturated heterocycles. The molecule has 2 nitrogen and oxygen atoms in total. The zero-order valence-electron chi connectivity index (χ0n) is 6.89. The van der Waals surface area contributed by atoms with Crippen molar-refractivity contribution >= 4 is 28.2 Å². The molecule has 72 valence electrons. The van der Waals surface area contributed by atoms with E-state index in [4.69, 9.17) is 17.3 Å². The SMILES string of the molecule is Nc1cc2c(F)ccc(F)c2nc1Cl. The molecule has 1 heterocycles. The maximum absolute atomic E-state index is 13.2. The summed E-state index contributed by atoms with van der Waals surface area (Å²) in [5, 5.41) is 0.00824. The molecule has 0 aliphatic carbocycles. The molecule has 0 spiro atoms. The van der Waals surface area contributed by atoms with E-state index in [2.05, 4.69) is 4.98 Å². The standard InChI is InChI=1S/C9H5ClF2N2/c10-9-7(13)3-4-5(11)1-2-6(12)8(4)14-9/h1-3H,13H2. The van der Waals surface area contributed by atoms with E-state index in [1.54, 1.807) is 0 Å². The summed E-state index contributed by atoms with van der Waals surface area (Å²) >= 11 is 5.59. The smallest absolute Gasteiger partial charge is 0.152 e. The molecular formula is C9H5ClF2N2. The Balaban J connectivity index is 2.94. The van der Waals surface area contributed by atoms with Crippen LogP contribution in [0.4, 0.5) is 14.5 Å². The Morgan fingerprint density at radius 1 is 1.21 bits per heavy atom. The topological polar surface area (TPSA) is 38.9 Å². The van der Waals surface area contributed by atoms with E-state index in [0.29, 0.717) is 0 Å². The van der Waals surface area contributed by atoms with E-state index in [9.17, 15) is 8.78 Å². The largest absolute Gasteiger partial charge is 0.396 e. The van der Waals surface area contributed by atoms with Crippen molar-refractivity contribution in [1.82, 2.24) is 4.98 Å². The molecule has 14 heavy (non-hydrogen) atoms. The number of fused-ring (bicyclic) bond motifs is 1. The van der Waals surface area contributed by atoms with Crippen molar-refractivity contribution in [2.24, 2.45) is 0 Å². The lowest BCUT2D eigenvalue weighted by atomic mass is 10.2. The molecule has 0 bridgehead atoms. The summed E-state index contributed by atoms with van der Waals surface area (Å²) in [5.74, 6) is -1.19. The van der Waals surface area contributed by atoms with Crippen LogP contribution in [0.2, 0.25) is 5.15 Å². The zero-order valence-corrected chi connectivity index (χ0v) is 7.65. The minimum Gasteiger partial charge on any atom is -0.396 e. The summed E-state index contributed by atoms with van der Waals surface area (Å²) in [4.78, 5) is 3.66. The summed E-state index contributed by atoms with van der Waals surface area (Å²) in [6.45, 7) is 0. The highest BCUT2D eigenvalue weighted by molar-refractivity contribution is 6.32. The number of nitrogens with two attached hydrogens (primary N) is 1. The molecule has 0 saturated carbocycles. The second-order valence-electron chi connectivity index (χ2n) is 2.79. The molecule has 0 atom stereocenters. The van der Waals surface area contributed by atoms with Crippen LogP contribution < -0.4 is 5.73 Å². The van der Waals surface area contributed by atoms with Crippen molar-refractivity contribution in [1.29, 1.82) is 0 Å². The summed E-state index contributed by atoms with van der Waals surface area (Å²) < 4.78 is 26.3. The van der Waals surface area contributed by atoms with Crippen LogP contribution in [0, 0.1) is 11.6 Å². The normalized spacial score (nSPS) is 10.8. The minimum atomic E-state index is -0.622. The summed E-state index contributed by atoms with van der Waals surface area (Å²) in [6, 6.07) is 3.28. The average Bonchev–Trinajstić information content (AvgIpc) is 2.15. The fourth-order valence-electron chi connectivity index (χ4n) is 1.19. The van der Waals surface area contributed by atoms with Crippen molar-refractivity contribution in [3.8, 4) is 0 Å². The van der Waals surface area contributed by atoms with Crippen molar-refractivity contribution < 1.29 is 8.78 Å². The average molecular weight is 215 g/mol. The van der Waals surface area contributed by atoms with E-state index in [-0.39, 0.29) is 21.7 Å². The zero-order chi connectivity index (χ0) is 10.3. The van der Waals surface area contributed by atoms with Gasteiger partial charge in [0.25, 0.3) is 0 Å². The molecule has 0 amide bonds. The van der Waals surface area contributed by atoms with E-state index in [1.807, 2.05) is 0 Å². The van der Waals surface area contributed by atoms with Gasteiger partial charge in [-0.2, -0.15) is 0 Å². The van der Waals surface area contributed by atoms with Gasteiger partial charge in [-0.15, -0.1) is 0 Å². The van der Waals surface area contributed by atoms with E-state index < -0.39 is 11.6 Å². The molecule has 2 N–H and O–H groups in total. The van der Waals surface area contributed by atoms with Crippen LogP contribution in [0.1, 0.15) is 0 Å². The number of nitrogens with zero attached hydrogens (tertiary/aromatic N) is 1. The number of aromatic nitrogens is 1. The Hall–Kier alpha value is -1.42. The summed E-state index contributed by atoms with van der Waals surface area (Å²) in [5.41, 5.74) is 5.44. The number of pyridine rings is 1. The Bertz CT molecular complexity index is 467. The first-order chi connectivity index (χ1) is 6.59. The number of rotatable bonds is 0. The van der Waals surface area contributed by atoms with Crippen LogP contribution >= 0.6 is 11.6 Å². The molecule has 0 unspecified atom stereocenters. The monoisotopic (exact) mass is 214 g/mol. The van der Waals surface area contributed by atoms with Crippen molar-refractivity contribution in [2.45, 2.75) is 0 Å². The predicted molar refractivity (Wildman–Crippen MR) is 51.1 cm³/mol. The third-order valence-electron chi connectivity index (χ3n) is 1.86. The van der Waals surface area contributed by atoms with Gasteiger partial charge in [-0.25, -0.2) is 13.8 Å². The van der Waals surface area contributed by atoms with Gasteiger partial charge in [0.05, 0.1) is 5.69 Å². The van der Waals surface area contributed by atoms with Crippen molar-refractivity contribution in [2.75, 3.05) is 5.73 Å². The molecular weight excluding hydrogens is 210 g/mol. The van der Waals surface area contributed by atoms with Crippen LogP contribution in [-0.4, -0.2) is 4.98 Å². The van der Waals surface area contributed by atoms with Crippen LogP contribution in [0.15, 0.2) is 18.2 Å². The lowest BCUT2D eigenvalue weighted by Crippen LogP contribution is -1.94. The second-order valence-corrected chi connectivity index (χ2v) is 3.15. The Kier molecular flexibility index (Phi) is 2.00. The second kappa shape index (κ2) is 3.06. The Morgan fingerprint density at radius 2 is 1.86 bits per heavy atom. The Labute approximate surface area is 83.3 Å². The highest BCUT2D eigenvalue weighted by Crippen LogP contribution is 2.25. The maximum atomic E-state index is 13.2. The lowest BCUT2D eigenvalue weighted by Gasteiger charge is -2.03. The van der Waals surface area contributed by atoms with Gasteiger partial charge in [0, 0.05) is 5.39 Å². The van der Waals surface area contributed by atoms with Crippen LogP contribution in [0.25, 0.3) is 10.9 Å². The third kappa shape index (κ3) is 1.28. The molecule has 0 aliphatic heterocycles. The van der Waals surface area contributed by atoms with Gasteiger partial charge in [-0.05, 0) is 18.2 Å². The van der Waals surface area contributed by atoms with E-state index in [1.165, 1.54) is 6.07 Å². The highest BCUT2D eigenvalue weighted by atomic mass is 35.5. The fourth-order valence-corrected chi connectivity index (χ4v) is 1.32. The molecule has 2 aromatic rings. The van der Waals surface area contributed by atoms with Gasteiger partial charge in [0.15, 0.2) is 5.15 Å². The molecule has 5 heteroatoms. The van der Waals surface area contributed by atoms with Crippen molar-refractivity contribution in [3.63, 3.8) is 0 Å². The lowest BCUT2D eigenvalue weighted by molar-refractivity contribution is 0.615. The van der Waals surface area contributed by atoms with Gasteiger partial charge < -0.3 is 5.73 Å². The van der Waals surface area contributed by atoms with Gasteiger partial charge in [-0.3, -0.25) is 0 Å². The highest BCUT2D eigenvalue weighted by Gasteiger charge is 2.09. The third-order valence-corrected chi connectivity index (χ3v) is 2.17. The van der Waals surface area contributed by atoms with Gasteiger partial charge in [-0.1, -0.05) is 11.6 Å². The van der Waals surface area contributed by atoms with Crippen molar-refractivity contribution in [3.05, 3.63) is 35.0 Å². The minimum absolute atomic E-state index is 0.0259. The maximum Gasteiger partial charge on any atom is 0.152 e. The number of anilines is 1. The first-order valence-corrected chi connectivity index (χ1v) is 4.17. The van der Waals surface area contributed by atoms with Gasteiger partial charge in [0.2, 0.25) is 0 Å². The number of benzene rings is 1. The molecule has 1 aromatic carbocycles. The van der Waals surface area contributed by atoms with Gasteiger partial charge >= 0.3 is 0 Å². The Morgan fingerprint density at radius 3 is 2.57 bits per heavy atom. The number of nitrogen functional groups attached to an aromatic ring is 1. The molecule has 0 radical (unpaired) electrons. The number of halogens is 3. The molecule has 1 aromatic heterocycles.